The molecular formula is C54H35N3. The first kappa shape index (κ1) is 17.0. The number of fused-ring (bicyclic) bond motifs is 9. The van der Waals surface area contributed by atoms with Crippen LogP contribution in [0.4, 0.5) is 0 Å². The number of nitrogens with zero attached hydrogens (tertiary/aromatic N) is 3. The van der Waals surface area contributed by atoms with E-state index in [0.717, 1.165) is 20.3 Å². The maximum absolute atomic E-state index is 10.0. The summed E-state index contributed by atoms with van der Waals surface area (Å²) in [6.07, 6.45) is 0. The summed E-state index contributed by atoms with van der Waals surface area (Å²) in [4.78, 5) is 0. The van der Waals surface area contributed by atoms with Gasteiger partial charge < -0.3 is 13.7 Å². The largest absolute Gasteiger partial charge is 0.307 e. The smallest absolute Gasteiger partial charge is 0.0783 e. The van der Waals surface area contributed by atoms with Crippen molar-refractivity contribution in [1.29, 1.82) is 0 Å². The van der Waals surface area contributed by atoms with Crippen LogP contribution in [-0.2, 0) is 0 Å². The van der Waals surface area contributed by atoms with Crippen molar-refractivity contribution in [2.24, 2.45) is 0 Å². The van der Waals surface area contributed by atoms with Crippen molar-refractivity contribution in [3.05, 3.63) is 212 Å². The van der Waals surface area contributed by atoms with Crippen LogP contribution < -0.4 is 0 Å². The van der Waals surface area contributed by atoms with Crippen LogP contribution in [0.2, 0.25) is 0 Å². The van der Waals surface area contributed by atoms with Gasteiger partial charge >= 0.3 is 0 Å². The number of hydrogen-bond donors (Lipinski definition) is 0. The van der Waals surface area contributed by atoms with Gasteiger partial charge in [-0.1, -0.05) is 157 Å². The van der Waals surface area contributed by atoms with Gasteiger partial charge in [0.1, 0.15) is 0 Å². The van der Waals surface area contributed by atoms with Crippen LogP contribution in [0.3, 0.4) is 0 Å². The molecule has 3 heterocycles. The normalized spacial score (nSPS) is 17.3. The number of para-hydroxylation sites is 6. The van der Waals surface area contributed by atoms with Crippen molar-refractivity contribution in [2.45, 2.75) is 0 Å². The summed E-state index contributed by atoms with van der Waals surface area (Å²) in [5, 5.41) is -2.49. The van der Waals surface area contributed by atoms with E-state index in [1.54, 1.807) is 24.3 Å². The second-order valence-corrected chi connectivity index (χ2v) is 13.3. The minimum Gasteiger partial charge on any atom is -0.307 e. The van der Waals surface area contributed by atoms with E-state index in [2.05, 4.69) is 0 Å². The number of rotatable bonds is 5. The molecule has 12 aromatic rings. The van der Waals surface area contributed by atoms with E-state index in [-0.39, 0.29) is 27.5 Å². The van der Waals surface area contributed by atoms with E-state index >= 15 is 0 Å². The van der Waals surface area contributed by atoms with Crippen LogP contribution in [0.15, 0.2) is 212 Å². The minimum absolute atomic E-state index is 0.165. The Kier molecular flexibility index (Phi) is 3.72. The highest BCUT2D eigenvalue weighted by molar-refractivity contribution is 6.17. The second-order valence-electron chi connectivity index (χ2n) is 13.3. The van der Waals surface area contributed by atoms with Crippen LogP contribution in [0.25, 0.3) is 105 Å². The topological polar surface area (TPSA) is 14.8 Å². The monoisotopic (exact) mass is 747 g/mol. The zero-order chi connectivity index (χ0) is 56.6. The zero-order valence-corrected chi connectivity index (χ0v) is 29.3. The molecule has 0 saturated carbocycles. The Bertz CT molecular complexity index is 4730. The standard InChI is InChI=1S/C54H35N3/c1-2-16-36(17-3-1)37-18-12-19-38(34-37)39-20-13-21-40(35-39)55-47-28-8-6-24-43(47)45-26-15-33-52(53(45)55)57-50-31-11-7-25-44(50)46-27-14-32-51(54(46)57)56-48-29-9-4-22-41(48)42-23-5-10-30-49(42)56/h1-35H/i4D,5D,6D,7D,8D,9D,10D,11D,14D,15D,22D,23D,24D,25D,26D,27D,28D,29D,30D,31D,32D,33D. The van der Waals surface area contributed by atoms with Crippen molar-refractivity contribution in [3.63, 3.8) is 0 Å². The van der Waals surface area contributed by atoms with E-state index in [0.29, 0.717) is 11.1 Å². The van der Waals surface area contributed by atoms with Gasteiger partial charge in [-0.2, -0.15) is 0 Å². The van der Waals surface area contributed by atoms with Crippen molar-refractivity contribution in [2.75, 3.05) is 0 Å². The molecule has 12 rings (SSSR count). The van der Waals surface area contributed by atoms with Crippen LogP contribution in [0.5, 0.6) is 0 Å². The summed E-state index contributed by atoms with van der Waals surface area (Å²) in [7, 11) is 0. The molecule has 0 aliphatic heterocycles. The van der Waals surface area contributed by atoms with Crippen molar-refractivity contribution >= 4 is 65.4 Å². The Morgan fingerprint density at radius 2 is 0.702 bits per heavy atom. The maximum atomic E-state index is 10.0. The fraction of sp³-hybridized carbons (Fsp3) is 0. The molecule has 0 atom stereocenters. The number of aromatic nitrogens is 3. The highest BCUT2D eigenvalue weighted by atomic mass is 15.1. The molecule has 0 aliphatic rings. The molecule has 0 amide bonds. The van der Waals surface area contributed by atoms with Gasteiger partial charge in [-0.25, -0.2) is 0 Å². The Labute approximate surface area is 360 Å². The van der Waals surface area contributed by atoms with Gasteiger partial charge in [0.25, 0.3) is 0 Å². The minimum atomic E-state index is -0.924. The van der Waals surface area contributed by atoms with E-state index in [1.807, 2.05) is 54.6 Å². The van der Waals surface area contributed by atoms with Crippen LogP contribution in [-0.4, -0.2) is 13.7 Å². The third-order valence-electron chi connectivity index (χ3n) is 10.3. The summed E-state index contributed by atoms with van der Waals surface area (Å²) in [6, 6.07) is 6.38. The first-order valence-corrected chi connectivity index (χ1v) is 17.8. The highest BCUT2D eigenvalue weighted by Gasteiger charge is 2.23. The van der Waals surface area contributed by atoms with E-state index < -0.39 is 188 Å². The SMILES string of the molecule is [2H]c1c([2H])c([2H])c2c(c1[2H])c1c([2H])c([2H])c([2H])c(-n3c4c([2H])c([2H])c([2H])c([2H])c4c4c([2H])c([2H])c([2H])c(-n5c6c([2H])c([2H])c([2H])c([2H])c6c6c([2H])c([2H])c([2H])c([2H])c65)c43)c1n2-c1cccc(-c2cccc(-c3ccccc3)c2)c1. The maximum Gasteiger partial charge on any atom is 0.0783 e. The van der Waals surface area contributed by atoms with Crippen LogP contribution >= 0.6 is 0 Å². The van der Waals surface area contributed by atoms with E-state index in [9.17, 15) is 16.4 Å². The second kappa shape index (κ2) is 12.5. The summed E-state index contributed by atoms with van der Waals surface area (Å²) < 4.78 is 207. The third-order valence-corrected chi connectivity index (χ3v) is 10.3. The Morgan fingerprint density at radius 1 is 0.298 bits per heavy atom. The van der Waals surface area contributed by atoms with Gasteiger partial charge in [0, 0.05) is 38.0 Å². The lowest BCUT2D eigenvalue weighted by Crippen LogP contribution is -2.03. The molecule has 0 bridgehead atoms. The van der Waals surface area contributed by atoms with Gasteiger partial charge in [0.2, 0.25) is 0 Å². The average Bonchev–Trinajstić information content (AvgIpc) is 4.13. The number of benzene rings is 9. The van der Waals surface area contributed by atoms with Crippen molar-refractivity contribution < 1.29 is 30.2 Å². The summed E-state index contributed by atoms with van der Waals surface area (Å²) in [5.41, 5.74) is -0.730. The van der Waals surface area contributed by atoms with Crippen LogP contribution in [0, 0.1) is 0 Å². The van der Waals surface area contributed by atoms with Crippen LogP contribution in [0.1, 0.15) is 30.2 Å². The molecule has 3 heteroatoms. The predicted octanol–water partition coefficient (Wildman–Crippen LogP) is 14.3. The fourth-order valence-corrected chi connectivity index (χ4v) is 7.89. The predicted molar refractivity (Wildman–Crippen MR) is 240 cm³/mol. The van der Waals surface area contributed by atoms with E-state index in [4.69, 9.17) is 13.7 Å². The van der Waals surface area contributed by atoms with Gasteiger partial charge in [0.05, 0.1) is 74.6 Å². The van der Waals surface area contributed by atoms with E-state index in [1.165, 1.54) is 4.57 Å². The van der Waals surface area contributed by atoms with Gasteiger partial charge in [0.15, 0.2) is 0 Å². The molecule has 0 radical (unpaired) electrons. The molecule has 0 saturated heterocycles. The van der Waals surface area contributed by atoms with Gasteiger partial charge in [-0.3, -0.25) is 0 Å². The lowest BCUT2D eigenvalue weighted by atomic mass is 9.99. The lowest BCUT2D eigenvalue weighted by Gasteiger charge is -2.17. The quantitative estimate of drug-likeness (QED) is 0.167. The fourth-order valence-electron chi connectivity index (χ4n) is 7.89. The first-order chi connectivity index (χ1) is 37.5. The zero-order valence-electron chi connectivity index (χ0n) is 51.3. The molecule has 0 fully saturated rings. The molecule has 3 aromatic heterocycles. The number of hydrogen-bond acceptors (Lipinski definition) is 0. The van der Waals surface area contributed by atoms with Crippen molar-refractivity contribution in [3.8, 4) is 39.3 Å². The summed E-state index contributed by atoms with van der Waals surface area (Å²) in [6.45, 7) is 0. The molecule has 9 aromatic carbocycles. The third kappa shape index (κ3) is 4.73. The first-order valence-electron chi connectivity index (χ1n) is 28.8. The Hall–Kier alpha value is -7.62. The molecular weight excluding hydrogens is 691 g/mol. The molecule has 0 unspecified atom stereocenters. The van der Waals surface area contributed by atoms with Gasteiger partial charge in [-0.05, 0) is 76.7 Å². The summed E-state index contributed by atoms with van der Waals surface area (Å²) in [5.74, 6) is 0. The lowest BCUT2D eigenvalue weighted by molar-refractivity contribution is 1.11. The molecule has 3 nitrogen and oxygen atoms in total. The molecule has 57 heavy (non-hydrogen) atoms. The average molecular weight is 748 g/mol. The molecule has 0 aliphatic carbocycles. The van der Waals surface area contributed by atoms with Gasteiger partial charge in [-0.15, -0.1) is 0 Å². The molecule has 0 spiro atoms. The Balaban J connectivity index is 1.38. The van der Waals surface area contributed by atoms with Crippen molar-refractivity contribution in [1.82, 2.24) is 13.7 Å². The Morgan fingerprint density at radius 3 is 1.30 bits per heavy atom. The molecule has 266 valence electrons. The highest BCUT2D eigenvalue weighted by Crippen LogP contribution is 2.43. The molecule has 0 N–H and O–H groups in total. The summed E-state index contributed by atoms with van der Waals surface area (Å²) >= 11 is 0.